The van der Waals surface area contributed by atoms with E-state index in [1.165, 1.54) is 16.3 Å². The van der Waals surface area contributed by atoms with Gasteiger partial charge in [-0.3, -0.25) is 0 Å². The fraction of sp³-hybridized carbons (Fsp3) is 0.167. The molecular weight excluding hydrogens is 258 g/mol. The predicted molar refractivity (Wildman–Crippen MR) is 89.8 cm³/mol. The van der Waals surface area contributed by atoms with Gasteiger partial charge in [-0.15, -0.1) is 0 Å². The van der Waals surface area contributed by atoms with Crippen LogP contribution in [0, 0.1) is 0 Å². The molecule has 106 valence electrons. The van der Waals surface area contributed by atoms with Crippen LogP contribution in [0.1, 0.15) is 5.56 Å². The second-order valence-corrected chi connectivity index (χ2v) is 5.30. The first-order valence-corrected chi connectivity index (χ1v) is 7.08. The molecule has 0 saturated carbocycles. The highest BCUT2D eigenvalue weighted by atomic mass is 15.2. The molecule has 2 aromatic carbocycles. The average molecular weight is 277 g/mol. The number of rotatable bonds is 4. The van der Waals surface area contributed by atoms with Gasteiger partial charge in [-0.1, -0.05) is 36.4 Å². The Kier molecular flexibility index (Phi) is 3.73. The maximum Gasteiger partial charge on any atom is 0.151 e. The summed E-state index contributed by atoms with van der Waals surface area (Å²) >= 11 is 0. The number of hydrogen-bond acceptors (Lipinski definition) is 3. The summed E-state index contributed by atoms with van der Waals surface area (Å²) < 4.78 is 0. The van der Waals surface area contributed by atoms with Crippen molar-refractivity contribution in [1.82, 2.24) is 4.98 Å². The number of pyridine rings is 1. The Bertz CT molecular complexity index is 750. The van der Waals surface area contributed by atoms with E-state index in [4.69, 9.17) is 0 Å². The average Bonchev–Trinajstić information content (AvgIpc) is 2.53. The molecule has 0 spiro atoms. The van der Waals surface area contributed by atoms with Gasteiger partial charge in [-0.25, -0.2) is 4.98 Å². The first-order chi connectivity index (χ1) is 10.2. The number of fused-ring (bicyclic) bond motifs is 1. The van der Waals surface area contributed by atoms with Gasteiger partial charge < -0.3 is 10.2 Å². The molecule has 0 aliphatic carbocycles. The van der Waals surface area contributed by atoms with Crippen molar-refractivity contribution in [2.75, 3.05) is 24.3 Å². The molecule has 0 amide bonds. The molecule has 1 N–H and O–H groups in total. The van der Waals surface area contributed by atoms with Crippen molar-refractivity contribution in [2.45, 2.75) is 6.54 Å². The number of anilines is 2. The van der Waals surface area contributed by atoms with Gasteiger partial charge in [0.25, 0.3) is 0 Å². The Labute approximate surface area is 125 Å². The minimum Gasteiger partial charge on any atom is -0.378 e. The summed E-state index contributed by atoms with van der Waals surface area (Å²) in [6.07, 6.45) is 1.82. The first kappa shape index (κ1) is 13.4. The van der Waals surface area contributed by atoms with Crippen LogP contribution in [-0.2, 0) is 6.54 Å². The summed E-state index contributed by atoms with van der Waals surface area (Å²) in [6.45, 7) is 0.789. The van der Waals surface area contributed by atoms with Crippen molar-refractivity contribution in [3.8, 4) is 0 Å². The maximum atomic E-state index is 4.40. The molecule has 1 heterocycles. The third-order valence-corrected chi connectivity index (χ3v) is 3.51. The maximum absolute atomic E-state index is 4.40. The van der Waals surface area contributed by atoms with Crippen molar-refractivity contribution in [2.24, 2.45) is 0 Å². The van der Waals surface area contributed by atoms with E-state index in [1.54, 1.807) is 0 Å². The second-order valence-electron chi connectivity index (χ2n) is 5.30. The van der Waals surface area contributed by atoms with Gasteiger partial charge in [0.2, 0.25) is 0 Å². The monoisotopic (exact) mass is 277 g/mol. The Morgan fingerprint density at radius 3 is 2.57 bits per heavy atom. The van der Waals surface area contributed by atoms with Crippen molar-refractivity contribution >= 4 is 22.3 Å². The Balaban J connectivity index is 1.80. The third-order valence-electron chi connectivity index (χ3n) is 3.51. The van der Waals surface area contributed by atoms with E-state index in [9.17, 15) is 0 Å². The highest BCUT2D eigenvalue weighted by Crippen LogP contribution is 2.22. The lowest BCUT2D eigenvalue weighted by Gasteiger charge is -2.17. The highest BCUT2D eigenvalue weighted by Gasteiger charge is 2.04. The van der Waals surface area contributed by atoms with E-state index in [0.29, 0.717) is 0 Å². The highest BCUT2D eigenvalue weighted by molar-refractivity contribution is 5.83. The topological polar surface area (TPSA) is 28.2 Å². The molecule has 0 atom stereocenters. The lowest BCUT2D eigenvalue weighted by atomic mass is 10.1. The molecule has 1 aromatic heterocycles. The molecule has 21 heavy (non-hydrogen) atoms. The molecule has 0 aliphatic rings. The molecule has 0 saturated heterocycles. The predicted octanol–water partition coefficient (Wildman–Crippen LogP) is 3.91. The van der Waals surface area contributed by atoms with Crippen molar-refractivity contribution < 1.29 is 0 Å². The van der Waals surface area contributed by atoms with Gasteiger partial charge in [0.05, 0.1) is 5.69 Å². The quantitative estimate of drug-likeness (QED) is 0.783. The first-order valence-electron chi connectivity index (χ1n) is 7.08. The van der Waals surface area contributed by atoms with E-state index >= 15 is 0 Å². The Morgan fingerprint density at radius 2 is 1.76 bits per heavy atom. The molecular formula is C18H19N3. The molecule has 0 fully saturated rings. The number of benzene rings is 2. The van der Waals surface area contributed by atoms with Crippen LogP contribution in [0.3, 0.4) is 0 Å². The summed E-state index contributed by atoms with van der Waals surface area (Å²) in [5.74, 6) is 0.957. The van der Waals surface area contributed by atoms with Gasteiger partial charge in [0.1, 0.15) is 0 Å². The molecule has 3 aromatic rings. The molecule has 0 unspecified atom stereocenters. The van der Waals surface area contributed by atoms with Crippen LogP contribution in [0.15, 0.2) is 60.8 Å². The zero-order valence-electron chi connectivity index (χ0n) is 12.4. The summed E-state index contributed by atoms with van der Waals surface area (Å²) in [6, 6.07) is 19.0. The zero-order valence-corrected chi connectivity index (χ0v) is 12.4. The molecule has 3 rings (SSSR count). The van der Waals surface area contributed by atoms with Gasteiger partial charge in [-0.2, -0.15) is 0 Å². The number of nitrogens with one attached hydrogen (secondary N) is 1. The summed E-state index contributed by atoms with van der Waals surface area (Å²) in [4.78, 5) is 6.42. The van der Waals surface area contributed by atoms with Gasteiger partial charge in [0, 0.05) is 26.8 Å². The van der Waals surface area contributed by atoms with Crippen LogP contribution in [0.2, 0.25) is 0 Å². The van der Waals surface area contributed by atoms with Crippen molar-refractivity contribution in [3.05, 3.63) is 66.4 Å². The summed E-state index contributed by atoms with van der Waals surface area (Å²) in [5.41, 5.74) is 2.32. The van der Waals surface area contributed by atoms with Gasteiger partial charge in [-0.05, 0) is 34.5 Å². The Hall–Kier alpha value is -2.55. The smallest absolute Gasteiger partial charge is 0.151 e. The molecule has 0 bridgehead atoms. The summed E-state index contributed by atoms with van der Waals surface area (Å²) in [7, 11) is 4.01. The largest absolute Gasteiger partial charge is 0.378 e. The SMILES string of the molecule is CN(C)c1ncccc1NCc1ccc2ccccc2c1. The van der Waals surface area contributed by atoms with E-state index in [0.717, 1.165) is 18.1 Å². The van der Waals surface area contributed by atoms with Gasteiger partial charge in [0.15, 0.2) is 5.82 Å². The summed E-state index contributed by atoms with van der Waals surface area (Å²) in [5, 5.41) is 6.02. The minimum absolute atomic E-state index is 0.789. The molecule has 3 heteroatoms. The van der Waals surface area contributed by atoms with Crippen LogP contribution in [0.4, 0.5) is 11.5 Å². The number of hydrogen-bond donors (Lipinski definition) is 1. The zero-order chi connectivity index (χ0) is 14.7. The van der Waals surface area contributed by atoms with Crippen molar-refractivity contribution in [1.29, 1.82) is 0 Å². The lowest BCUT2D eigenvalue weighted by Crippen LogP contribution is -2.13. The van der Waals surface area contributed by atoms with E-state index in [1.807, 2.05) is 31.3 Å². The van der Waals surface area contributed by atoms with E-state index in [2.05, 4.69) is 58.8 Å². The minimum atomic E-state index is 0.789. The standard InChI is InChI=1S/C18H19N3/c1-21(2)18-17(8-5-11-19-18)20-13-14-9-10-15-6-3-4-7-16(15)12-14/h3-12,20H,13H2,1-2H3. The van der Waals surface area contributed by atoms with E-state index < -0.39 is 0 Å². The van der Waals surface area contributed by atoms with E-state index in [-0.39, 0.29) is 0 Å². The molecule has 3 nitrogen and oxygen atoms in total. The molecule has 0 radical (unpaired) electrons. The number of aromatic nitrogens is 1. The fourth-order valence-electron chi connectivity index (χ4n) is 2.44. The van der Waals surface area contributed by atoms with Crippen LogP contribution in [0.5, 0.6) is 0 Å². The Morgan fingerprint density at radius 1 is 0.952 bits per heavy atom. The van der Waals surface area contributed by atoms with Crippen LogP contribution in [-0.4, -0.2) is 19.1 Å². The van der Waals surface area contributed by atoms with Crippen LogP contribution in [0.25, 0.3) is 10.8 Å². The lowest BCUT2D eigenvalue weighted by molar-refractivity contribution is 1.05. The molecule has 0 aliphatic heterocycles. The van der Waals surface area contributed by atoms with Gasteiger partial charge >= 0.3 is 0 Å². The van der Waals surface area contributed by atoms with Crippen molar-refractivity contribution in [3.63, 3.8) is 0 Å². The second kappa shape index (κ2) is 5.83. The fourth-order valence-corrected chi connectivity index (χ4v) is 2.44. The van der Waals surface area contributed by atoms with Crippen LogP contribution >= 0.6 is 0 Å². The normalized spacial score (nSPS) is 10.6. The number of nitrogens with zero attached hydrogens (tertiary/aromatic N) is 2. The third kappa shape index (κ3) is 2.97. The van der Waals surface area contributed by atoms with Crippen LogP contribution < -0.4 is 10.2 Å².